The van der Waals surface area contributed by atoms with Crippen LogP contribution < -0.4 is 5.32 Å². The van der Waals surface area contributed by atoms with Gasteiger partial charge in [-0.2, -0.15) is 0 Å². The van der Waals surface area contributed by atoms with Crippen LogP contribution in [0.25, 0.3) is 0 Å². The number of rotatable bonds is 3. The molecule has 0 radical (unpaired) electrons. The molecule has 4 bridgehead atoms. The van der Waals surface area contributed by atoms with E-state index in [1.165, 1.54) is 19.3 Å². The fraction of sp³-hybridized carbons (Fsp3) is 0.900. The first-order chi connectivity index (χ1) is 11.4. The second-order valence-corrected chi connectivity index (χ2v) is 9.43. The van der Waals surface area contributed by atoms with Gasteiger partial charge in [0.2, 0.25) is 11.8 Å². The number of piperidine rings is 1. The number of hydrogen-bond donors (Lipinski definition) is 1. The molecule has 0 unspecified atom stereocenters. The van der Waals surface area contributed by atoms with Gasteiger partial charge in [-0.15, -0.1) is 0 Å². The first kappa shape index (κ1) is 16.4. The molecule has 0 aromatic carbocycles. The Labute approximate surface area is 145 Å². The number of likely N-dealkylation sites (tertiary alicyclic amines) is 1. The number of amides is 2. The van der Waals surface area contributed by atoms with Crippen molar-refractivity contribution in [1.82, 2.24) is 10.2 Å². The van der Waals surface area contributed by atoms with Crippen molar-refractivity contribution < 1.29 is 9.59 Å². The molecule has 24 heavy (non-hydrogen) atoms. The van der Waals surface area contributed by atoms with E-state index >= 15 is 0 Å². The Hall–Kier alpha value is -1.06. The summed E-state index contributed by atoms with van der Waals surface area (Å²) < 4.78 is 0. The minimum Gasteiger partial charge on any atom is -0.353 e. The molecular weight excluding hydrogens is 300 g/mol. The van der Waals surface area contributed by atoms with Gasteiger partial charge < -0.3 is 10.2 Å². The van der Waals surface area contributed by atoms with E-state index in [4.69, 9.17) is 0 Å². The van der Waals surface area contributed by atoms with Crippen molar-refractivity contribution in [2.24, 2.45) is 29.1 Å². The Balaban J connectivity index is 1.36. The van der Waals surface area contributed by atoms with Gasteiger partial charge in [0, 0.05) is 25.0 Å². The van der Waals surface area contributed by atoms with E-state index in [9.17, 15) is 9.59 Å². The monoisotopic (exact) mass is 332 g/mol. The molecule has 4 saturated carbocycles. The van der Waals surface area contributed by atoms with Gasteiger partial charge in [0.05, 0.1) is 5.41 Å². The van der Waals surface area contributed by atoms with E-state index in [-0.39, 0.29) is 23.3 Å². The molecule has 5 rings (SSSR count). The second-order valence-electron chi connectivity index (χ2n) is 9.43. The van der Waals surface area contributed by atoms with Gasteiger partial charge >= 0.3 is 0 Å². The van der Waals surface area contributed by atoms with Crippen LogP contribution in [0.1, 0.15) is 65.2 Å². The van der Waals surface area contributed by atoms with E-state index in [0.29, 0.717) is 5.91 Å². The maximum atomic E-state index is 13.3. The van der Waals surface area contributed by atoms with Crippen LogP contribution in [0.4, 0.5) is 0 Å². The number of carbonyl (C=O) groups is 2. The molecular formula is C20H32N2O2. The van der Waals surface area contributed by atoms with Crippen molar-refractivity contribution in [1.29, 1.82) is 0 Å². The van der Waals surface area contributed by atoms with Gasteiger partial charge in [0.25, 0.3) is 0 Å². The predicted octanol–water partition coefficient (Wildman–Crippen LogP) is 2.97. The van der Waals surface area contributed by atoms with Crippen LogP contribution in [0, 0.1) is 29.1 Å². The fourth-order valence-electron chi connectivity index (χ4n) is 6.30. The average molecular weight is 332 g/mol. The first-order valence-electron chi connectivity index (χ1n) is 10.0. The van der Waals surface area contributed by atoms with E-state index in [1.54, 1.807) is 0 Å². The lowest BCUT2D eigenvalue weighted by atomic mass is 9.49. The van der Waals surface area contributed by atoms with Gasteiger partial charge in [-0.3, -0.25) is 9.59 Å². The van der Waals surface area contributed by atoms with Crippen LogP contribution >= 0.6 is 0 Å². The summed E-state index contributed by atoms with van der Waals surface area (Å²) >= 11 is 0. The van der Waals surface area contributed by atoms with Crippen LogP contribution in [0.5, 0.6) is 0 Å². The lowest BCUT2D eigenvalue weighted by molar-refractivity contribution is -0.158. The molecule has 1 heterocycles. The molecule has 4 heteroatoms. The lowest BCUT2D eigenvalue weighted by Crippen LogP contribution is -2.57. The standard InChI is InChI=1S/C20H32N2O2/c1-13(2)18(23)21-17-3-5-22(6-4-17)19(24)20-10-14-7-15(11-20)9-16(8-14)12-20/h13-17H,3-12H2,1-2H3,(H,21,23). The topological polar surface area (TPSA) is 49.4 Å². The number of carbonyl (C=O) groups excluding carboxylic acids is 2. The van der Waals surface area contributed by atoms with Crippen LogP contribution in [-0.2, 0) is 9.59 Å². The van der Waals surface area contributed by atoms with Gasteiger partial charge in [-0.05, 0) is 69.1 Å². The summed E-state index contributed by atoms with van der Waals surface area (Å²) in [6.07, 6.45) is 9.44. The summed E-state index contributed by atoms with van der Waals surface area (Å²) in [5.74, 6) is 3.10. The Bertz CT molecular complexity index is 484. The highest BCUT2D eigenvalue weighted by atomic mass is 16.2. The summed E-state index contributed by atoms with van der Waals surface area (Å²) in [6, 6.07) is 0.250. The summed E-state index contributed by atoms with van der Waals surface area (Å²) in [7, 11) is 0. The zero-order valence-corrected chi connectivity index (χ0v) is 15.2. The molecule has 5 aliphatic rings. The number of hydrogen-bond acceptors (Lipinski definition) is 2. The van der Waals surface area contributed by atoms with Gasteiger partial charge in [0.15, 0.2) is 0 Å². The molecule has 1 saturated heterocycles. The Morgan fingerprint density at radius 2 is 1.46 bits per heavy atom. The van der Waals surface area contributed by atoms with Gasteiger partial charge in [-0.1, -0.05) is 13.8 Å². The molecule has 5 fully saturated rings. The lowest BCUT2D eigenvalue weighted by Gasteiger charge is -2.57. The molecule has 0 spiro atoms. The molecule has 2 amide bonds. The summed E-state index contributed by atoms with van der Waals surface area (Å²) in [6.45, 7) is 5.51. The van der Waals surface area contributed by atoms with Crippen LogP contribution in [0.3, 0.4) is 0 Å². The average Bonchev–Trinajstić information content (AvgIpc) is 2.53. The summed E-state index contributed by atoms with van der Waals surface area (Å²) in [4.78, 5) is 27.3. The minimum absolute atomic E-state index is 0.0111. The summed E-state index contributed by atoms with van der Waals surface area (Å²) in [5, 5.41) is 3.14. The van der Waals surface area contributed by atoms with E-state index in [1.807, 2.05) is 13.8 Å². The highest BCUT2D eigenvalue weighted by molar-refractivity contribution is 5.83. The van der Waals surface area contributed by atoms with Gasteiger partial charge in [-0.25, -0.2) is 0 Å². The highest BCUT2D eigenvalue weighted by Gasteiger charge is 2.55. The molecule has 134 valence electrons. The molecule has 0 atom stereocenters. The van der Waals surface area contributed by atoms with Crippen molar-refractivity contribution in [3.05, 3.63) is 0 Å². The second kappa shape index (κ2) is 6.03. The third-order valence-corrected chi connectivity index (χ3v) is 7.14. The molecule has 4 aliphatic carbocycles. The zero-order chi connectivity index (χ0) is 16.9. The zero-order valence-electron chi connectivity index (χ0n) is 15.2. The van der Waals surface area contributed by atoms with Crippen molar-refractivity contribution in [3.63, 3.8) is 0 Å². The van der Waals surface area contributed by atoms with Crippen LogP contribution in [0.2, 0.25) is 0 Å². The third-order valence-electron chi connectivity index (χ3n) is 7.14. The van der Waals surface area contributed by atoms with E-state index in [2.05, 4.69) is 10.2 Å². The molecule has 4 nitrogen and oxygen atoms in total. The Morgan fingerprint density at radius 1 is 0.958 bits per heavy atom. The molecule has 1 N–H and O–H groups in total. The smallest absolute Gasteiger partial charge is 0.228 e. The third kappa shape index (κ3) is 2.86. The minimum atomic E-state index is -0.0111. The number of nitrogens with zero attached hydrogens (tertiary/aromatic N) is 1. The largest absolute Gasteiger partial charge is 0.353 e. The van der Waals surface area contributed by atoms with Crippen molar-refractivity contribution in [3.8, 4) is 0 Å². The quantitative estimate of drug-likeness (QED) is 0.864. The maximum Gasteiger partial charge on any atom is 0.228 e. The fourth-order valence-corrected chi connectivity index (χ4v) is 6.30. The Kier molecular flexibility index (Phi) is 4.12. The van der Waals surface area contributed by atoms with Crippen LogP contribution in [-0.4, -0.2) is 35.8 Å². The van der Waals surface area contributed by atoms with E-state index < -0.39 is 0 Å². The Morgan fingerprint density at radius 3 is 1.92 bits per heavy atom. The van der Waals surface area contributed by atoms with Crippen molar-refractivity contribution in [2.45, 2.75) is 71.3 Å². The maximum absolute atomic E-state index is 13.3. The SMILES string of the molecule is CC(C)C(=O)NC1CCN(C(=O)C23CC4CC(CC(C4)C2)C3)CC1. The predicted molar refractivity (Wildman–Crippen MR) is 93.2 cm³/mol. The molecule has 0 aromatic rings. The molecule has 1 aliphatic heterocycles. The van der Waals surface area contributed by atoms with E-state index in [0.717, 1.165) is 62.9 Å². The summed E-state index contributed by atoms with van der Waals surface area (Å²) in [5.41, 5.74) is -0.0111. The highest BCUT2D eigenvalue weighted by Crippen LogP contribution is 2.60. The van der Waals surface area contributed by atoms with Gasteiger partial charge in [0.1, 0.15) is 0 Å². The van der Waals surface area contributed by atoms with Crippen molar-refractivity contribution >= 4 is 11.8 Å². The van der Waals surface area contributed by atoms with Crippen LogP contribution in [0.15, 0.2) is 0 Å². The number of nitrogens with one attached hydrogen (secondary N) is 1. The molecule has 0 aromatic heterocycles. The van der Waals surface area contributed by atoms with Crippen molar-refractivity contribution in [2.75, 3.05) is 13.1 Å². The normalized spacial score (nSPS) is 38.6. The first-order valence-corrected chi connectivity index (χ1v) is 10.0.